The Hall–Kier alpha value is 3.18. The van der Waals surface area contributed by atoms with Gasteiger partial charge in [-0.1, -0.05) is 0 Å². The molecule has 0 saturated heterocycles. The van der Waals surface area contributed by atoms with E-state index in [1.165, 1.54) is 0 Å². The third kappa shape index (κ3) is 85.6. The first-order valence-corrected chi connectivity index (χ1v) is 17.7. The molecule has 4 atom stereocenters. The van der Waals surface area contributed by atoms with Crippen molar-refractivity contribution >= 4 is 62.6 Å². The van der Waals surface area contributed by atoms with Crippen LogP contribution < -0.4 is 58.7 Å². The van der Waals surface area contributed by atoms with Gasteiger partial charge in [0.25, 0.3) is 31.3 Å². The molecule has 0 aromatic carbocycles. The first-order chi connectivity index (χ1) is 14.8. The first kappa shape index (κ1) is 57.8. The molecule has 0 radical (unpaired) electrons. The van der Waals surface area contributed by atoms with Crippen LogP contribution in [0.25, 0.3) is 0 Å². The summed E-state index contributed by atoms with van der Waals surface area (Å²) in [5.41, 5.74) is 0. The van der Waals surface area contributed by atoms with Gasteiger partial charge >= 0.3 is 65.2 Å². The summed E-state index contributed by atoms with van der Waals surface area (Å²) in [7, 11) is -44.2. The van der Waals surface area contributed by atoms with Gasteiger partial charge in [0.15, 0.2) is 0 Å². The fraction of sp³-hybridized carbons (Fsp3) is 0. The van der Waals surface area contributed by atoms with Crippen molar-refractivity contribution in [2.45, 2.75) is 0 Å². The maximum Gasteiger partial charge on any atom is 4.00 e. The molecule has 4 unspecified atom stereocenters. The molecular formula is H4O28P8Ti3. The second-order valence-corrected chi connectivity index (χ2v) is 13.9. The van der Waals surface area contributed by atoms with Gasteiger partial charge < -0.3 is 96.6 Å². The Kier molecular flexibility index (Phi) is 32.4. The third-order valence-electron chi connectivity index (χ3n) is 0.813. The predicted octanol–water partition coefficient (Wildman–Crippen LogP) is -10.8. The largest absolute Gasteiger partial charge is 4.00 e. The zero-order chi connectivity index (χ0) is 30.8. The molecule has 0 aliphatic rings. The van der Waals surface area contributed by atoms with Gasteiger partial charge in [-0.05, 0) is 0 Å². The van der Waals surface area contributed by atoms with E-state index in [0.29, 0.717) is 0 Å². The second kappa shape index (κ2) is 21.8. The summed E-state index contributed by atoms with van der Waals surface area (Å²) in [4.78, 5) is 143. The number of hydrogen-bond donors (Lipinski definition) is 4. The normalized spacial score (nSPS) is 17.6. The Balaban J connectivity index is -0.0000000683. The molecule has 0 spiro atoms. The molecule has 39 heteroatoms. The Bertz CT molecular complexity index is 773. The number of phosphoric acid groups is 8. The van der Waals surface area contributed by atoms with E-state index in [0.717, 1.165) is 0 Å². The summed E-state index contributed by atoms with van der Waals surface area (Å²) in [5, 5.41) is 0. The molecule has 0 aliphatic carbocycles. The molecule has 0 amide bonds. The van der Waals surface area contributed by atoms with E-state index in [1.807, 2.05) is 0 Å². The molecule has 0 aromatic rings. The van der Waals surface area contributed by atoms with Crippen molar-refractivity contribution in [1.29, 1.82) is 0 Å². The maximum atomic E-state index is 9.44. The Morgan fingerprint density at radius 2 is 0.385 bits per heavy atom. The molecule has 0 saturated carbocycles. The van der Waals surface area contributed by atoms with E-state index < -0.39 is 62.6 Å². The van der Waals surface area contributed by atoms with Crippen molar-refractivity contribution in [1.82, 2.24) is 0 Å². The quantitative estimate of drug-likeness (QED) is 0.130. The van der Waals surface area contributed by atoms with Crippen LogP contribution in [0.1, 0.15) is 0 Å². The van der Waals surface area contributed by atoms with Crippen molar-refractivity contribution < 1.29 is 197 Å². The molecule has 4 N–H and O–H groups in total. The van der Waals surface area contributed by atoms with Crippen molar-refractivity contribution in [2.24, 2.45) is 0 Å². The molecule has 0 aromatic heterocycles. The van der Waals surface area contributed by atoms with Crippen LogP contribution in [0.15, 0.2) is 0 Å². The average Bonchev–Trinajstić information content (AvgIpc) is 2.19. The predicted molar refractivity (Wildman–Crippen MR) is 74.1 cm³/mol. The minimum absolute atomic E-state index is 0. The maximum absolute atomic E-state index is 9.44. The van der Waals surface area contributed by atoms with Crippen molar-refractivity contribution in [3.05, 3.63) is 0 Å². The van der Waals surface area contributed by atoms with Gasteiger partial charge in [0.1, 0.15) is 0 Å². The fourth-order valence-electron chi connectivity index (χ4n) is 0.505. The second-order valence-electron chi connectivity index (χ2n) is 3.99. The number of hydrogen-bond acceptors (Lipinski definition) is 24. The summed E-state index contributed by atoms with van der Waals surface area (Å²) in [6, 6.07) is 0. The van der Waals surface area contributed by atoms with Gasteiger partial charge in [0.05, 0.1) is 31.3 Å². The van der Waals surface area contributed by atoms with Gasteiger partial charge in [-0.15, -0.1) is 0 Å². The smallest absolute Gasteiger partial charge is 0.790 e. The minimum atomic E-state index is -5.61. The van der Waals surface area contributed by atoms with Gasteiger partial charge in [0.2, 0.25) is 0 Å². The molecular weight excluding hydrogens is 839 g/mol. The summed E-state index contributed by atoms with van der Waals surface area (Å²) in [6.07, 6.45) is 0. The fourth-order valence-corrected chi connectivity index (χ4v) is 4.55. The van der Waals surface area contributed by atoms with Crippen LogP contribution in [-0.4, -0.2) is 19.6 Å². The first-order valence-electron chi connectivity index (χ1n) is 5.91. The molecule has 0 heterocycles. The summed E-state index contributed by atoms with van der Waals surface area (Å²) >= 11 is 0. The van der Waals surface area contributed by atoms with Crippen molar-refractivity contribution in [2.75, 3.05) is 0 Å². The van der Waals surface area contributed by atoms with Crippen LogP contribution >= 0.6 is 62.6 Å². The zero-order valence-corrected chi connectivity index (χ0v) is 28.5. The van der Waals surface area contributed by atoms with Crippen LogP contribution in [0.4, 0.5) is 0 Å². The molecule has 28 nitrogen and oxygen atoms in total. The number of rotatable bonds is 8. The van der Waals surface area contributed by atoms with E-state index in [2.05, 4.69) is 17.2 Å². The van der Waals surface area contributed by atoms with E-state index in [9.17, 15) is 95.2 Å². The zero-order valence-electron chi connectivity index (χ0n) is 16.7. The summed E-state index contributed by atoms with van der Waals surface area (Å²) in [5.74, 6) is 0. The van der Waals surface area contributed by atoms with Crippen LogP contribution in [0, 0.1) is 0 Å². The van der Waals surface area contributed by atoms with Crippen LogP contribution in [0.3, 0.4) is 0 Å². The molecule has 0 fully saturated rings. The van der Waals surface area contributed by atoms with Crippen LogP contribution in [0.2, 0.25) is 0 Å². The molecule has 0 bridgehead atoms. The van der Waals surface area contributed by atoms with Gasteiger partial charge in [-0.3, -0.25) is 35.5 Å². The molecule has 0 aliphatic heterocycles. The summed E-state index contributed by atoms with van der Waals surface area (Å²) < 4.78 is 85.7. The Labute approximate surface area is 258 Å². The standard InChI is InChI=1S/4H4O7P2.3Ti/c4*1-8(2,3)7-9(4,5)6;;;/h4*(H2,1,2,3)(H2,4,5,6);;;/q;;;;3*+4/p-12. The van der Waals surface area contributed by atoms with Gasteiger partial charge in [-0.2, -0.15) is 0 Å². The van der Waals surface area contributed by atoms with E-state index in [1.54, 1.807) is 0 Å². The van der Waals surface area contributed by atoms with Gasteiger partial charge in [0, 0.05) is 0 Å². The minimum Gasteiger partial charge on any atom is -0.790 e. The van der Waals surface area contributed by atoms with Crippen molar-refractivity contribution in [3.8, 4) is 0 Å². The van der Waals surface area contributed by atoms with E-state index >= 15 is 0 Å². The van der Waals surface area contributed by atoms with Crippen molar-refractivity contribution in [3.63, 3.8) is 0 Å². The van der Waals surface area contributed by atoms with Gasteiger partial charge in [-0.25, -0.2) is 0 Å². The third-order valence-corrected chi connectivity index (χ3v) is 7.31. The monoisotopic (exact) mass is 844 g/mol. The van der Waals surface area contributed by atoms with E-state index in [4.69, 9.17) is 19.6 Å². The summed E-state index contributed by atoms with van der Waals surface area (Å²) in [6.45, 7) is 0. The molecule has 0 rings (SSSR count). The van der Waals surface area contributed by atoms with E-state index in [-0.39, 0.29) is 65.2 Å². The topological polar surface area (TPSA) is 531 Å². The SMILES string of the molecule is O=P([O-])([O-])OP(=O)([O-])O.O=P([O-])([O-])OP(=O)([O-])O.O=P([O-])([O-])OP(=O)([O-])O.O=P([O-])([O-])OP(=O)([O-])O.[Ti+4].[Ti+4].[Ti+4]. The average molecular weight is 843 g/mol. The van der Waals surface area contributed by atoms with Crippen LogP contribution in [0.5, 0.6) is 0 Å². The molecule has 224 valence electrons. The molecule has 39 heavy (non-hydrogen) atoms. The van der Waals surface area contributed by atoms with Crippen LogP contribution in [-0.2, 0) is 119 Å². The Morgan fingerprint density at radius 1 is 0.308 bits per heavy atom. The Morgan fingerprint density at radius 3 is 0.385 bits per heavy atom.